The molecule has 0 spiro atoms. The summed E-state index contributed by atoms with van der Waals surface area (Å²) < 4.78 is 5.41. The molecule has 24 heavy (non-hydrogen) atoms. The zero-order valence-corrected chi connectivity index (χ0v) is 14.5. The minimum absolute atomic E-state index is 0.0265. The second kappa shape index (κ2) is 6.11. The zero-order chi connectivity index (χ0) is 17.5. The van der Waals surface area contributed by atoms with Crippen molar-refractivity contribution in [2.24, 2.45) is 17.8 Å². The van der Waals surface area contributed by atoms with Crippen molar-refractivity contribution in [3.63, 3.8) is 0 Å². The van der Waals surface area contributed by atoms with Gasteiger partial charge in [0.1, 0.15) is 5.75 Å². The van der Waals surface area contributed by atoms with E-state index in [1.807, 2.05) is 38.1 Å². The average Bonchev–Trinajstić information content (AvgIpc) is 3.32. The molecular formula is C19H25NO4. The fourth-order valence-corrected chi connectivity index (χ4v) is 3.93. The molecule has 5 nitrogen and oxygen atoms in total. The molecule has 0 bridgehead atoms. The summed E-state index contributed by atoms with van der Waals surface area (Å²) in [6, 6.07) is 7.52. The number of carbonyl (C=O) groups is 2. The number of methoxy groups -OCH3 is 1. The summed E-state index contributed by atoms with van der Waals surface area (Å²) in [5.41, 5.74) is 0.0768. The number of carbonyl (C=O) groups excluding carboxylic acids is 1. The van der Waals surface area contributed by atoms with Crippen molar-refractivity contribution in [3.8, 4) is 5.75 Å². The molecule has 1 aromatic rings. The van der Waals surface area contributed by atoms with Crippen LogP contribution in [0.5, 0.6) is 5.75 Å². The van der Waals surface area contributed by atoms with Crippen LogP contribution in [0.25, 0.3) is 0 Å². The van der Waals surface area contributed by atoms with Crippen molar-refractivity contribution >= 4 is 11.9 Å². The first-order valence-electron chi connectivity index (χ1n) is 8.52. The van der Waals surface area contributed by atoms with Crippen LogP contribution in [0, 0.1) is 17.8 Å². The van der Waals surface area contributed by atoms with Crippen LogP contribution in [-0.2, 0) is 15.0 Å². The van der Waals surface area contributed by atoms with Gasteiger partial charge in [-0.3, -0.25) is 9.59 Å². The lowest BCUT2D eigenvalue weighted by atomic mass is 9.82. The van der Waals surface area contributed by atoms with Crippen molar-refractivity contribution in [2.75, 3.05) is 20.2 Å². The highest BCUT2D eigenvalue weighted by Gasteiger charge is 2.49. The van der Waals surface area contributed by atoms with Gasteiger partial charge in [-0.15, -0.1) is 0 Å². The Hall–Kier alpha value is -2.04. The Bertz CT molecular complexity index is 651. The quantitative estimate of drug-likeness (QED) is 0.900. The molecule has 5 heteroatoms. The van der Waals surface area contributed by atoms with Gasteiger partial charge < -0.3 is 14.7 Å². The molecule has 0 unspecified atom stereocenters. The van der Waals surface area contributed by atoms with E-state index < -0.39 is 17.3 Å². The summed E-state index contributed by atoms with van der Waals surface area (Å²) in [6.45, 7) is 4.63. The molecule has 0 radical (unpaired) electrons. The van der Waals surface area contributed by atoms with Crippen LogP contribution < -0.4 is 4.74 Å². The van der Waals surface area contributed by atoms with Gasteiger partial charge in [-0.25, -0.2) is 0 Å². The topological polar surface area (TPSA) is 66.8 Å². The van der Waals surface area contributed by atoms with Crippen LogP contribution in [0.4, 0.5) is 0 Å². The van der Waals surface area contributed by atoms with Gasteiger partial charge in [-0.1, -0.05) is 18.2 Å². The molecule has 1 aliphatic carbocycles. The first-order valence-corrected chi connectivity index (χ1v) is 8.52. The van der Waals surface area contributed by atoms with E-state index in [1.54, 1.807) is 12.0 Å². The van der Waals surface area contributed by atoms with Gasteiger partial charge in [-0.2, -0.15) is 0 Å². The molecule has 2 atom stereocenters. The number of likely N-dealkylation sites (tertiary alicyclic amines) is 1. The highest BCUT2D eigenvalue weighted by molar-refractivity contribution is 5.89. The third kappa shape index (κ3) is 2.87. The highest BCUT2D eigenvalue weighted by Crippen LogP contribution is 2.45. The minimum Gasteiger partial charge on any atom is -0.496 e. The van der Waals surface area contributed by atoms with Crippen LogP contribution in [0.2, 0.25) is 0 Å². The SMILES string of the molecule is COc1ccccc1C(C)(C)C(=O)N1C[C@H](C(=O)O)[C@@H](C2CC2)C1. The Morgan fingerprint density at radius 1 is 1.21 bits per heavy atom. The lowest BCUT2D eigenvalue weighted by molar-refractivity contribution is -0.143. The second-order valence-corrected chi connectivity index (χ2v) is 7.48. The van der Waals surface area contributed by atoms with Crippen LogP contribution in [0.3, 0.4) is 0 Å². The predicted octanol–water partition coefficient (Wildman–Crippen LogP) is 2.54. The van der Waals surface area contributed by atoms with E-state index in [4.69, 9.17) is 4.74 Å². The maximum Gasteiger partial charge on any atom is 0.308 e. The number of hydrogen-bond donors (Lipinski definition) is 1. The van der Waals surface area contributed by atoms with E-state index in [1.165, 1.54) is 0 Å². The summed E-state index contributed by atoms with van der Waals surface area (Å²) >= 11 is 0. The zero-order valence-electron chi connectivity index (χ0n) is 14.5. The summed E-state index contributed by atoms with van der Waals surface area (Å²) in [4.78, 5) is 26.5. The Morgan fingerprint density at radius 2 is 1.88 bits per heavy atom. The fourth-order valence-electron chi connectivity index (χ4n) is 3.93. The molecular weight excluding hydrogens is 306 g/mol. The summed E-state index contributed by atoms with van der Waals surface area (Å²) in [5, 5.41) is 9.50. The molecule has 1 aliphatic heterocycles. The number of carboxylic acid groups (broad SMARTS) is 1. The number of nitrogens with zero attached hydrogens (tertiary/aromatic N) is 1. The molecule has 1 N–H and O–H groups in total. The van der Waals surface area contributed by atoms with E-state index in [9.17, 15) is 14.7 Å². The smallest absolute Gasteiger partial charge is 0.308 e. The average molecular weight is 331 g/mol. The van der Waals surface area contributed by atoms with Gasteiger partial charge in [-0.05, 0) is 44.6 Å². The largest absolute Gasteiger partial charge is 0.496 e. The Balaban J connectivity index is 1.84. The maximum atomic E-state index is 13.2. The number of ether oxygens (including phenoxy) is 1. The van der Waals surface area contributed by atoms with Gasteiger partial charge in [0, 0.05) is 18.7 Å². The van der Waals surface area contributed by atoms with Crippen molar-refractivity contribution in [2.45, 2.75) is 32.1 Å². The first-order chi connectivity index (χ1) is 11.4. The van der Waals surface area contributed by atoms with Crippen molar-refractivity contribution in [1.29, 1.82) is 0 Å². The van der Waals surface area contributed by atoms with E-state index in [0.717, 1.165) is 18.4 Å². The Kier molecular flexibility index (Phi) is 4.28. The van der Waals surface area contributed by atoms with E-state index in [2.05, 4.69) is 0 Å². The second-order valence-electron chi connectivity index (χ2n) is 7.48. The molecule has 130 valence electrons. The van der Waals surface area contributed by atoms with Crippen molar-refractivity contribution < 1.29 is 19.4 Å². The Morgan fingerprint density at radius 3 is 2.46 bits per heavy atom. The molecule has 1 amide bonds. The molecule has 1 saturated heterocycles. The molecule has 3 rings (SSSR count). The lowest BCUT2D eigenvalue weighted by Crippen LogP contribution is -2.43. The third-order valence-electron chi connectivity index (χ3n) is 5.51. The molecule has 1 aromatic carbocycles. The van der Waals surface area contributed by atoms with Gasteiger partial charge in [0.05, 0.1) is 18.4 Å². The predicted molar refractivity (Wildman–Crippen MR) is 89.9 cm³/mol. The van der Waals surface area contributed by atoms with Gasteiger partial charge >= 0.3 is 5.97 Å². The standard InChI is InChI=1S/C19H25NO4/c1-19(2,15-6-4-5-7-16(15)24-3)18(23)20-10-13(12-8-9-12)14(11-20)17(21)22/h4-7,12-14H,8-11H2,1-3H3,(H,21,22)/t13-,14+/m1/s1. The van der Waals surface area contributed by atoms with Crippen molar-refractivity contribution in [3.05, 3.63) is 29.8 Å². The summed E-state index contributed by atoms with van der Waals surface area (Å²) in [5.74, 6) is 0.00961. The van der Waals surface area contributed by atoms with Crippen LogP contribution in [-0.4, -0.2) is 42.1 Å². The highest BCUT2D eigenvalue weighted by atomic mass is 16.5. The van der Waals surface area contributed by atoms with Gasteiger partial charge in [0.25, 0.3) is 0 Å². The van der Waals surface area contributed by atoms with Crippen LogP contribution in [0.15, 0.2) is 24.3 Å². The van der Waals surface area contributed by atoms with Crippen molar-refractivity contribution in [1.82, 2.24) is 4.90 Å². The molecule has 2 fully saturated rings. The normalized spacial score (nSPS) is 24.0. The minimum atomic E-state index is -0.780. The van der Waals surface area contributed by atoms with Gasteiger partial charge in [0.15, 0.2) is 0 Å². The Labute approximate surface area is 142 Å². The lowest BCUT2D eigenvalue weighted by Gasteiger charge is -2.31. The summed E-state index contributed by atoms with van der Waals surface area (Å²) in [7, 11) is 1.60. The molecule has 1 heterocycles. The van der Waals surface area contributed by atoms with E-state index in [0.29, 0.717) is 24.8 Å². The monoisotopic (exact) mass is 331 g/mol. The third-order valence-corrected chi connectivity index (χ3v) is 5.51. The van der Waals surface area contributed by atoms with Crippen LogP contribution in [0.1, 0.15) is 32.3 Å². The fraction of sp³-hybridized carbons (Fsp3) is 0.579. The maximum absolute atomic E-state index is 13.2. The number of benzene rings is 1. The van der Waals surface area contributed by atoms with Crippen LogP contribution >= 0.6 is 0 Å². The number of carboxylic acids is 1. The molecule has 2 aliphatic rings. The van der Waals surface area contributed by atoms with E-state index >= 15 is 0 Å². The first kappa shape index (κ1) is 16.8. The number of amides is 1. The number of aliphatic carboxylic acids is 1. The van der Waals surface area contributed by atoms with E-state index in [-0.39, 0.29) is 11.8 Å². The summed E-state index contributed by atoms with van der Waals surface area (Å²) in [6.07, 6.45) is 2.18. The molecule has 0 aromatic heterocycles. The van der Waals surface area contributed by atoms with Gasteiger partial charge in [0.2, 0.25) is 5.91 Å². The molecule has 1 saturated carbocycles. The number of para-hydroxylation sites is 1. The number of rotatable bonds is 5. The number of hydrogen-bond acceptors (Lipinski definition) is 3.